The lowest BCUT2D eigenvalue weighted by molar-refractivity contribution is -0.146. The number of carboxylic acids is 2. The van der Waals surface area contributed by atoms with Crippen LogP contribution in [-0.4, -0.2) is 93.8 Å². The molecule has 14 nitrogen and oxygen atoms in total. The molecule has 5 amide bonds. The number of rotatable bonds is 19. The predicted octanol–water partition coefficient (Wildman–Crippen LogP) is 1.81. The quantitative estimate of drug-likeness (QED) is 0.112. The van der Waals surface area contributed by atoms with E-state index in [0.29, 0.717) is 13.1 Å². The molecule has 262 valence electrons. The Morgan fingerprint density at radius 1 is 0.696 bits per heavy atom. The third-order valence-electron chi connectivity index (χ3n) is 7.81. The van der Waals surface area contributed by atoms with E-state index in [-0.39, 0.29) is 18.4 Å². The number of carbonyl (C=O) groups is 7. The average Bonchev–Trinajstić information content (AvgIpc) is 3.46. The standard InChI is InChI=1S/C32H55N5O9/c1-8-12-20(13-9-2)33-29(43)26(32(5,6)7)30(44)35-21(17-24(38)37-14-10-11-15-37)27(41)34-22(18-25(39)40)28(42)36-23(31(45)46)16-19(3)4/h19-23,26H,8-18H2,1-7H3,(H,33,43)(H,34,41)(H,35,44)(H,36,42)(H,39,40)(H,45,46)/t21-,22-,23-,26+/m0/s1. The zero-order valence-electron chi connectivity index (χ0n) is 28.4. The molecule has 1 aliphatic heterocycles. The van der Waals surface area contributed by atoms with E-state index in [1.807, 2.05) is 13.8 Å². The topological polar surface area (TPSA) is 211 Å². The molecule has 1 fully saturated rings. The fourth-order valence-corrected chi connectivity index (χ4v) is 5.53. The molecule has 4 atom stereocenters. The van der Waals surface area contributed by atoms with Crippen molar-refractivity contribution in [2.24, 2.45) is 17.3 Å². The molecule has 0 aromatic heterocycles. The molecule has 0 aliphatic carbocycles. The summed E-state index contributed by atoms with van der Waals surface area (Å²) in [7, 11) is 0. The number of carboxylic acid groups (broad SMARTS) is 2. The van der Waals surface area contributed by atoms with Gasteiger partial charge < -0.3 is 36.4 Å². The van der Waals surface area contributed by atoms with Gasteiger partial charge in [-0.1, -0.05) is 61.3 Å². The maximum atomic E-state index is 13.8. The minimum Gasteiger partial charge on any atom is -0.481 e. The van der Waals surface area contributed by atoms with Crippen LogP contribution >= 0.6 is 0 Å². The van der Waals surface area contributed by atoms with Crippen LogP contribution in [0.4, 0.5) is 0 Å². The molecule has 0 radical (unpaired) electrons. The first-order valence-electron chi connectivity index (χ1n) is 16.3. The van der Waals surface area contributed by atoms with Gasteiger partial charge >= 0.3 is 11.9 Å². The molecule has 1 aliphatic rings. The zero-order valence-corrected chi connectivity index (χ0v) is 28.4. The number of aliphatic carboxylic acids is 2. The van der Waals surface area contributed by atoms with Gasteiger partial charge in [0.2, 0.25) is 29.5 Å². The minimum absolute atomic E-state index is 0.0610. The lowest BCUT2D eigenvalue weighted by Crippen LogP contribution is -2.59. The fourth-order valence-electron chi connectivity index (χ4n) is 5.53. The highest BCUT2D eigenvalue weighted by molar-refractivity contribution is 6.03. The Hall–Kier alpha value is -3.71. The molecule has 0 bridgehead atoms. The highest BCUT2D eigenvalue weighted by Gasteiger charge is 2.41. The Balaban J connectivity index is 3.35. The third-order valence-corrected chi connectivity index (χ3v) is 7.81. The van der Waals surface area contributed by atoms with Gasteiger partial charge in [-0.25, -0.2) is 4.79 Å². The number of amides is 5. The summed E-state index contributed by atoms with van der Waals surface area (Å²) in [5.41, 5.74) is -0.884. The largest absolute Gasteiger partial charge is 0.481 e. The summed E-state index contributed by atoms with van der Waals surface area (Å²) < 4.78 is 0. The van der Waals surface area contributed by atoms with Crippen molar-refractivity contribution in [2.75, 3.05) is 13.1 Å². The second-order valence-corrected chi connectivity index (χ2v) is 13.6. The molecule has 1 heterocycles. The molecule has 0 aromatic rings. The van der Waals surface area contributed by atoms with Gasteiger partial charge in [-0.05, 0) is 43.4 Å². The number of carbonyl (C=O) groups excluding carboxylic acids is 5. The van der Waals surface area contributed by atoms with Gasteiger partial charge in [0.15, 0.2) is 0 Å². The second kappa shape index (κ2) is 19.1. The molecule has 46 heavy (non-hydrogen) atoms. The summed E-state index contributed by atoms with van der Waals surface area (Å²) >= 11 is 0. The van der Waals surface area contributed by atoms with E-state index in [1.165, 1.54) is 0 Å². The third kappa shape index (κ3) is 13.7. The molecule has 0 saturated carbocycles. The summed E-state index contributed by atoms with van der Waals surface area (Å²) in [5.74, 6) is -7.92. The molecular formula is C32H55N5O9. The molecule has 6 N–H and O–H groups in total. The van der Waals surface area contributed by atoms with Crippen LogP contribution in [-0.2, 0) is 33.6 Å². The number of hydrogen-bond donors (Lipinski definition) is 6. The average molecular weight is 654 g/mol. The van der Waals surface area contributed by atoms with Gasteiger partial charge in [0, 0.05) is 19.1 Å². The Morgan fingerprint density at radius 2 is 1.15 bits per heavy atom. The monoisotopic (exact) mass is 653 g/mol. The summed E-state index contributed by atoms with van der Waals surface area (Å²) in [5, 5.41) is 29.1. The van der Waals surface area contributed by atoms with Gasteiger partial charge in [-0.2, -0.15) is 0 Å². The van der Waals surface area contributed by atoms with Crippen LogP contribution in [0.3, 0.4) is 0 Å². The van der Waals surface area contributed by atoms with Crippen molar-refractivity contribution in [3.63, 3.8) is 0 Å². The first-order chi connectivity index (χ1) is 21.4. The smallest absolute Gasteiger partial charge is 0.326 e. The Bertz CT molecular complexity index is 1080. The van der Waals surface area contributed by atoms with Gasteiger partial charge in [0.1, 0.15) is 24.0 Å². The summed E-state index contributed by atoms with van der Waals surface area (Å²) in [6, 6.07) is -4.72. The lowest BCUT2D eigenvalue weighted by atomic mass is 9.79. The molecule has 0 unspecified atom stereocenters. The van der Waals surface area contributed by atoms with E-state index in [2.05, 4.69) is 21.3 Å². The van der Waals surface area contributed by atoms with Gasteiger partial charge in [-0.15, -0.1) is 0 Å². The first kappa shape index (κ1) is 40.3. The van der Waals surface area contributed by atoms with Crippen molar-refractivity contribution < 1.29 is 43.8 Å². The summed E-state index contributed by atoms with van der Waals surface area (Å²) in [6.07, 6.45) is 3.35. The van der Waals surface area contributed by atoms with Crippen molar-refractivity contribution in [3.05, 3.63) is 0 Å². The van der Waals surface area contributed by atoms with Gasteiger partial charge in [-0.3, -0.25) is 28.8 Å². The van der Waals surface area contributed by atoms with Crippen LogP contribution in [0.2, 0.25) is 0 Å². The number of likely N-dealkylation sites (tertiary alicyclic amines) is 1. The summed E-state index contributed by atoms with van der Waals surface area (Å²) in [4.78, 5) is 91.9. The predicted molar refractivity (Wildman–Crippen MR) is 170 cm³/mol. The van der Waals surface area contributed by atoms with Crippen molar-refractivity contribution in [1.29, 1.82) is 0 Å². The van der Waals surface area contributed by atoms with E-state index < -0.39 is 83.8 Å². The number of nitrogens with zero attached hydrogens (tertiary/aromatic N) is 1. The van der Waals surface area contributed by atoms with Crippen molar-refractivity contribution in [3.8, 4) is 0 Å². The normalized spacial score (nSPS) is 15.9. The van der Waals surface area contributed by atoms with Crippen LogP contribution in [0.1, 0.15) is 106 Å². The molecule has 1 saturated heterocycles. The Morgan fingerprint density at radius 3 is 1.59 bits per heavy atom. The molecule has 0 spiro atoms. The van der Waals surface area contributed by atoms with Crippen LogP contribution < -0.4 is 21.3 Å². The molecule has 0 aromatic carbocycles. The molecule has 14 heteroatoms. The van der Waals surface area contributed by atoms with E-state index in [4.69, 9.17) is 0 Å². The number of hydrogen-bond acceptors (Lipinski definition) is 7. The molecular weight excluding hydrogens is 598 g/mol. The maximum absolute atomic E-state index is 13.8. The van der Waals surface area contributed by atoms with Crippen molar-refractivity contribution >= 4 is 41.5 Å². The first-order valence-corrected chi connectivity index (χ1v) is 16.3. The van der Waals surface area contributed by atoms with E-state index in [9.17, 15) is 43.8 Å². The highest BCUT2D eigenvalue weighted by Crippen LogP contribution is 2.27. The van der Waals surface area contributed by atoms with Crippen LogP contribution in [0.15, 0.2) is 0 Å². The van der Waals surface area contributed by atoms with Crippen molar-refractivity contribution in [2.45, 2.75) is 130 Å². The van der Waals surface area contributed by atoms with E-state index >= 15 is 0 Å². The van der Waals surface area contributed by atoms with Crippen molar-refractivity contribution in [1.82, 2.24) is 26.2 Å². The number of nitrogens with one attached hydrogen (secondary N) is 4. The van der Waals surface area contributed by atoms with Crippen LogP contribution in [0.5, 0.6) is 0 Å². The Kier molecular flexibility index (Phi) is 16.7. The highest BCUT2D eigenvalue weighted by atomic mass is 16.4. The lowest BCUT2D eigenvalue weighted by Gasteiger charge is -2.32. The van der Waals surface area contributed by atoms with E-state index in [1.54, 1.807) is 39.5 Å². The van der Waals surface area contributed by atoms with Gasteiger partial charge in [0.25, 0.3) is 0 Å². The fraction of sp³-hybridized carbons (Fsp3) is 0.781. The second-order valence-electron chi connectivity index (χ2n) is 13.6. The molecule has 1 rings (SSSR count). The van der Waals surface area contributed by atoms with Crippen LogP contribution in [0.25, 0.3) is 0 Å². The SMILES string of the molecule is CCCC(CCC)NC(=O)[C@H](C(=O)N[C@@H](CC(=O)N1CCCC1)C(=O)N[C@@H](CC(=O)O)C(=O)N[C@@H](CC(C)C)C(=O)O)C(C)(C)C. The van der Waals surface area contributed by atoms with Gasteiger partial charge in [0.05, 0.1) is 12.8 Å². The summed E-state index contributed by atoms with van der Waals surface area (Å²) in [6.45, 7) is 13.6. The van der Waals surface area contributed by atoms with E-state index in [0.717, 1.165) is 38.5 Å². The Labute approximate surface area is 272 Å². The zero-order chi connectivity index (χ0) is 35.2. The van der Waals surface area contributed by atoms with Crippen LogP contribution in [0, 0.1) is 17.3 Å². The minimum atomic E-state index is -1.70. The maximum Gasteiger partial charge on any atom is 0.326 e.